The third-order valence-corrected chi connectivity index (χ3v) is 10.1. The van der Waals surface area contributed by atoms with Gasteiger partial charge < -0.3 is 4.74 Å². The summed E-state index contributed by atoms with van der Waals surface area (Å²) >= 11 is 0. The molecule has 4 fully saturated rings. The normalized spacial score (nSPS) is 45.2. The Bertz CT molecular complexity index is 699. The molecule has 0 bridgehead atoms. The molecule has 0 aromatic rings. The lowest BCUT2D eigenvalue weighted by molar-refractivity contribution is -0.159. The van der Waals surface area contributed by atoms with Crippen molar-refractivity contribution in [1.29, 1.82) is 0 Å². The maximum Gasteiger partial charge on any atom is 0.305 e. The Hall–Kier alpha value is -1.19. The van der Waals surface area contributed by atoms with E-state index >= 15 is 0 Å². The maximum absolute atomic E-state index is 13.7. The standard InChI is InChI=1S/C25H38O4/c1-15(5-10-23(28)29-4)19-8-9-20-18-7-6-16-13-17(26)11-12-24(16,2)21(18)14-22(27)25(19,20)3/h15-16,18-21H,5-14H2,1-4H3/t15-,16+,18-,19+,20-,21-,24+,25+/m1/s1. The zero-order valence-corrected chi connectivity index (χ0v) is 18.7. The van der Waals surface area contributed by atoms with Crippen molar-refractivity contribution in [2.45, 2.75) is 85.0 Å². The topological polar surface area (TPSA) is 60.4 Å². The predicted octanol–water partition coefficient (Wildman–Crippen LogP) is 4.98. The Balaban J connectivity index is 1.55. The number of hydrogen-bond acceptors (Lipinski definition) is 4. The summed E-state index contributed by atoms with van der Waals surface area (Å²) in [7, 11) is 1.44. The van der Waals surface area contributed by atoms with E-state index < -0.39 is 0 Å². The predicted molar refractivity (Wildman–Crippen MR) is 111 cm³/mol. The van der Waals surface area contributed by atoms with E-state index in [1.165, 1.54) is 13.5 Å². The van der Waals surface area contributed by atoms with Gasteiger partial charge in [-0.1, -0.05) is 20.8 Å². The minimum Gasteiger partial charge on any atom is -0.469 e. The molecule has 0 heterocycles. The van der Waals surface area contributed by atoms with E-state index in [1.54, 1.807) is 0 Å². The molecule has 4 heteroatoms. The monoisotopic (exact) mass is 402 g/mol. The zero-order valence-electron chi connectivity index (χ0n) is 18.7. The van der Waals surface area contributed by atoms with Gasteiger partial charge in [0.1, 0.15) is 11.6 Å². The highest BCUT2D eigenvalue weighted by Gasteiger charge is 2.63. The summed E-state index contributed by atoms with van der Waals surface area (Å²) in [6.45, 7) is 6.87. The molecular weight excluding hydrogens is 364 g/mol. The van der Waals surface area contributed by atoms with Crippen molar-refractivity contribution in [2.75, 3.05) is 7.11 Å². The Morgan fingerprint density at radius 1 is 1.10 bits per heavy atom. The molecule has 162 valence electrons. The second-order valence-electron chi connectivity index (χ2n) is 11.1. The van der Waals surface area contributed by atoms with E-state index in [4.69, 9.17) is 4.74 Å². The summed E-state index contributed by atoms with van der Waals surface area (Å²) in [6.07, 6.45) is 9.00. The highest BCUT2D eigenvalue weighted by molar-refractivity contribution is 5.87. The molecule has 4 rings (SSSR count). The summed E-state index contributed by atoms with van der Waals surface area (Å²) in [4.78, 5) is 37.4. The first-order valence-corrected chi connectivity index (χ1v) is 11.8. The zero-order chi connectivity index (χ0) is 21.0. The smallest absolute Gasteiger partial charge is 0.305 e. The highest BCUT2D eigenvalue weighted by atomic mass is 16.5. The molecule has 8 atom stereocenters. The number of ketones is 2. The number of ether oxygens (including phenoxy) is 1. The van der Waals surface area contributed by atoms with Crippen LogP contribution in [-0.2, 0) is 19.1 Å². The minimum absolute atomic E-state index is 0.148. The minimum atomic E-state index is -0.232. The van der Waals surface area contributed by atoms with E-state index in [9.17, 15) is 14.4 Å². The van der Waals surface area contributed by atoms with Crippen molar-refractivity contribution in [2.24, 2.45) is 46.3 Å². The molecule has 0 radical (unpaired) electrons. The largest absolute Gasteiger partial charge is 0.469 e. The second kappa shape index (κ2) is 7.50. The first-order chi connectivity index (χ1) is 13.7. The lowest BCUT2D eigenvalue weighted by Gasteiger charge is -2.59. The van der Waals surface area contributed by atoms with Gasteiger partial charge in [0.25, 0.3) is 0 Å². The van der Waals surface area contributed by atoms with Gasteiger partial charge in [0.05, 0.1) is 7.11 Å². The number of methoxy groups -OCH3 is 1. The number of hydrogen-bond donors (Lipinski definition) is 0. The fourth-order valence-corrected chi connectivity index (χ4v) is 8.34. The second-order valence-corrected chi connectivity index (χ2v) is 11.1. The molecule has 4 nitrogen and oxygen atoms in total. The molecule has 0 N–H and O–H groups in total. The Morgan fingerprint density at radius 3 is 2.59 bits per heavy atom. The lowest BCUT2D eigenvalue weighted by Crippen LogP contribution is -2.57. The Labute approximate surface area is 175 Å². The molecule has 4 aliphatic rings. The molecule has 0 aliphatic heterocycles. The van der Waals surface area contributed by atoms with Gasteiger partial charge in [-0.2, -0.15) is 0 Å². The molecule has 4 saturated carbocycles. The molecule has 0 amide bonds. The number of fused-ring (bicyclic) bond motifs is 5. The first-order valence-electron chi connectivity index (χ1n) is 11.8. The molecule has 4 aliphatic carbocycles. The molecular formula is C25H38O4. The van der Waals surface area contributed by atoms with Gasteiger partial charge in [-0.05, 0) is 79.4 Å². The van der Waals surface area contributed by atoms with Crippen molar-refractivity contribution in [3.63, 3.8) is 0 Å². The number of rotatable bonds is 4. The van der Waals surface area contributed by atoms with E-state index in [2.05, 4.69) is 20.8 Å². The molecule has 29 heavy (non-hydrogen) atoms. The van der Waals surface area contributed by atoms with Gasteiger partial charge in [0.15, 0.2) is 0 Å². The van der Waals surface area contributed by atoms with Crippen LogP contribution in [0.1, 0.15) is 85.0 Å². The fourth-order valence-electron chi connectivity index (χ4n) is 8.34. The number of carbonyl (C=O) groups excluding carboxylic acids is 3. The summed E-state index contributed by atoms with van der Waals surface area (Å²) in [6, 6.07) is 0. The van der Waals surface area contributed by atoms with Crippen LogP contribution < -0.4 is 0 Å². The van der Waals surface area contributed by atoms with Crippen LogP contribution in [0.15, 0.2) is 0 Å². The van der Waals surface area contributed by atoms with Gasteiger partial charge >= 0.3 is 5.97 Å². The van der Waals surface area contributed by atoms with Crippen molar-refractivity contribution in [3.8, 4) is 0 Å². The summed E-state index contributed by atoms with van der Waals surface area (Å²) in [5, 5.41) is 0. The van der Waals surface area contributed by atoms with Crippen LogP contribution in [-0.4, -0.2) is 24.6 Å². The number of Topliss-reactive ketones (excluding diaryl/α,β-unsaturated/α-hetero) is 2. The van der Waals surface area contributed by atoms with Crippen molar-refractivity contribution in [1.82, 2.24) is 0 Å². The molecule has 0 saturated heterocycles. The first kappa shape index (κ1) is 21.1. The van der Waals surface area contributed by atoms with E-state index in [0.29, 0.717) is 66.3 Å². The van der Waals surface area contributed by atoms with Crippen LogP contribution in [0.4, 0.5) is 0 Å². The van der Waals surface area contributed by atoms with Crippen molar-refractivity contribution in [3.05, 3.63) is 0 Å². The van der Waals surface area contributed by atoms with Crippen molar-refractivity contribution >= 4 is 17.5 Å². The number of esters is 1. The molecule has 0 aromatic heterocycles. The number of carbonyl (C=O) groups is 3. The van der Waals surface area contributed by atoms with E-state index in [-0.39, 0.29) is 16.8 Å². The third-order valence-electron chi connectivity index (χ3n) is 10.1. The van der Waals surface area contributed by atoms with Gasteiger partial charge in [0.2, 0.25) is 0 Å². The van der Waals surface area contributed by atoms with Gasteiger partial charge in [0, 0.05) is 31.1 Å². The lowest BCUT2D eigenvalue weighted by atomic mass is 9.44. The van der Waals surface area contributed by atoms with Gasteiger partial charge in [-0.25, -0.2) is 0 Å². The quantitative estimate of drug-likeness (QED) is 0.622. The average molecular weight is 403 g/mol. The third kappa shape index (κ3) is 3.20. The average Bonchev–Trinajstić information content (AvgIpc) is 3.06. The SMILES string of the molecule is COC(=O)CC[C@@H](C)[C@@H]1CC[C@@H]2[C@H]3CC[C@H]4CC(=O)CC[C@]4(C)[C@@H]3CC(=O)[C@]21C. The van der Waals surface area contributed by atoms with E-state index in [0.717, 1.165) is 38.5 Å². The molecule has 0 unspecified atom stereocenters. The Kier molecular flexibility index (Phi) is 5.44. The summed E-state index contributed by atoms with van der Waals surface area (Å²) < 4.78 is 4.83. The van der Waals surface area contributed by atoms with Crippen LogP contribution in [0.5, 0.6) is 0 Å². The highest BCUT2D eigenvalue weighted by Crippen LogP contribution is 2.67. The fraction of sp³-hybridized carbons (Fsp3) is 0.880. The van der Waals surface area contributed by atoms with Crippen LogP contribution in [0, 0.1) is 46.3 Å². The van der Waals surface area contributed by atoms with Gasteiger partial charge in [-0.15, -0.1) is 0 Å². The maximum atomic E-state index is 13.7. The Morgan fingerprint density at radius 2 is 1.86 bits per heavy atom. The van der Waals surface area contributed by atoms with Gasteiger partial charge in [-0.3, -0.25) is 14.4 Å². The summed E-state index contributed by atoms with van der Waals surface area (Å²) in [5.74, 6) is 3.55. The molecule has 0 aromatic carbocycles. The van der Waals surface area contributed by atoms with Crippen LogP contribution >= 0.6 is 0 Å². The van der Waals surface area contributed by atoms with Crippen LogP contribution in [0.25, 0.3) is 0 Å². The van der Waals surface area contributed by atoms with Crippen LogP contribution in [0.2, 0.25) is 0 Å². The summed E-state index contributed by atoms with van der Waals surface area (Å²) in [5.41, 5.74) is -0.0627. The van der Waals surface area contributed by atoms with Crippen molar-refractivity contribution < 1.29 is 19.1 Å². The van der Waals surface area contributed by atoms with Crippen LogP contribution in [0.3, 0.4) is 0 Å². The molecule has 0 spiro atoms. The van der Waals surface area contributed by atoms with E-state index in [1.807, 2.05) is 0 Å².